The van der Waals surface area contributed by atoms with Gasteiger partial charge >= 0.3 is 11.9 Å². The molecule has 0 unspecified atom stereocenters. The predicted molar refractivity (Wildman–Crippen MR) is 49.3 cm³/mol. The van der Waals surface area contributed by atoms with Crippen molar-refractivity contribution in [2.24, 2.45) is 0 Å². The van der Waals surface area contributed by atoms with Crippen LogP contribution in [0.2, 0.25) is 0 Å². The van der Waals surface area contributed by atoms with Crippen molar-refractivity contribution in [1.29, 1.82) is 0 Å². The van der Waals surface area contributed by atoms with E-state index >= 15 is 0 Å². The topological polar surface area (TPSA) is 63.6 Å². The molecule has 4 heteroatoms. The molecule has 4 nitrogen and oxygen atoms in total. The van der Waals surface area contributed by atoms with Gasteiger partial charge in [0.25, 0.3) is 0 Å². The van der Waals surface area contributed by atoms with Gasteiger partial charge in [-0.3, -0.25) is 0 Å². The Labute approximate surface area is 81.2 Å². The Morgan fingerprint density at radius 1 is 1.64 bits per heavy atom. The second-order valence-corrected chi connectivity index (χ2v) is 2.68. The van der Waals surface area contributed by atoms with Crippen LogP contribution in [0.3, 0.4) is 0 Å². The lowest BCUT2D eigenvalue weighted by Gasteiger charge is -1.92. The Hall–Kier alpha value is -1.84. The minimum atomic E-state index is -1.09. The van der Waals surface area contributed by atoms with Crippen LogP contribution in [-0.2, 0) is 14.3 Å². The van der Waals surface area contributed by atoms with E-state index in [4.69, 9.17) is 9.84 Å². The van der Waals surface area contributed by atoms with Crippen LogP contribution in [0.25, 0.3) is 0 Å². The third-order valence-corrected chi connectivity index (χ3v) is 1.55. The monoisotopic (exact) mass is 194 g/mol. The Bertz CT molecular complexity index is 347. The van der Waals surface area contributed by atoms with Crippen molar-refractivity contribution in [2.45, 2.75) is 13.3 Å². The first-order valence-corrected chi connectivity index (χ1v) is 4.18. The molecule has 0 saturated heterocycles. The van der Waals surface area contributed by atoms with Crippen LogP contribution in [0.1, 0.15) is 13.3 Å². The lowest BCUT2D eigenvalue weighted by molar-refractivity contribution is -0.133. The third kappa shape index (κ3) is 2.58. The van der Waals surface area contributed by atoms with Crippen molar-refractivity contribution in [2.75, 3.05) is 0 Å². The summed E-state index contributed by atoms with van der Waals surface area (Å²) < 4.78 is 4.83. The summed E-state index contributed by atoms with van der Waals surface area (Å²) in [6.07, 6.45) is 6.16. The van der Waals surface area contributed by atoms with Gasteiger partial charge < -0.3 is 9.84 Å². The number of hydrogen-bond donors (Lipinski definition) is 1. The lowest BCUT2D eigenvalue weighted by Crippen LogP contribution is -1.97. The number of carbonyl (C=O) groups excluding carboxylic acids is 1. The number of allylic oxidation sites excluding steroid dienone is 2. The van der Waals surface area contributed by atoms with E-state index in [0.29, 0.717) is 5.76 Å². The van der Waals surface area contributed by atoms with Crippen LogP contribution in [0.4, 0.5) is 0 Å². The highest BCUT2D eigenvalue weighted by atomic mass is 16.5. The molecule has 1 heterocycles. The summed E-state index contributed by atoms with van der Waals surface area (Å²) in [5.41, 5.74) is 0.257. The van der Waals surface area contributed by atoms with E-state index < -0.39 is 11.9 Å². The number of rotatable bonds is 3. The second-order valence-electron chi connectivity index (χ2n) is 2.68. The van der Waals surface area contributed by atoms with E-state index in [1.54, 1.807) is 6.08 Å². The predicted octanol–water partition coefficient (Wildman–Crippen LogP) is 1.40. The van der Waals surface area contributed by atoms with Crippen molar-refractivity contribution >= 4 is 11.9 Å². The molecule has 74 valence electrons. The number of aliphatic carboxylic acids is 1. The summed E-state index contributed by atoms with van der Waals surface area (Å²) in [5.74, 6) is -1.13. The molecular formula is C10H10O4. The van der Waals surface area contributed by atoms with Crippen LogP contribution >= 0.6 is 0 Å². The maximum atomic E-state index is 11.1. The molecule has 1 rings (SSSR count). The molecule has 0 radical (unpaired) electrons. The molecule has 1 N–H and O–H groups in total. The lowest BCUT2D eigenvalue weighted by atomic mass is 10.2. The molecule has 0 spiro atoms. The molecule has 0 aromatic rings. The highest BCUT2D eigenvalue weighted by Crippen LogP contribution is 2.18. The zero-order chi connectivity index (χ0) is 10.6. The summed E-state index contributed by atoms with van der Waals surface area (Å²) in [4.78, 5) is 21.3. The minimum absolute atomic E-state index is 0.257. The van der Waals surface area contributed by atoms with Gasteiger partial charge in [0, 0.05) is 6.08 Å². The number of cyclic esters (lactones) is 1. The van der Waals surface area contributed by atoms with Gasteiger partial charge in [0.15, 0.2) is 0 Å². The molecule has 0 aliphatic carbocycles. The van der Waals surface area contributed by atoms with Crippen molar-refractivity contribution in [1.82, 2.24) is 0 Å². The Kier molecular flexibility index (Phi) is 3.23. The number of hydrogen-bond acceptors (Lipinski definition) is 3. The number of ether oxygens (including phenoxy) is 1. The van der Waals surface area contributed by atoms with Crippen LogP contribution < -0.4 is 0 Å². The Morgan fingerprint density at radius 3 is 2.93 bits per heavy atom. The first-order valence-electron chi connectivity index (χ1n) is 4.18. The summed E-state index contributed by atoms with van der Waals surface area (Å²) >= 11 is 0. The largest absolute Gasteiger partial charge is 0.478 e. The fourth-order valence-electron chi connectivity index (χ4n) is 0.987. The molecule has 0 fully saturated rings. The number of carbonyl (C=O) groups is 2. The minimum Gasteiger partial charge on any atom is -0.478 e. The molecule has 0 bridgehead atoms. The second kappa shape index (κ2) is 4.41. The Balaban J connectivity index is 2.79. The molecule has 0 saturated carbocycles. The molecule has 0 amide bonds. The van der Waals surface area contributed by atoms with Gasteiger partial charge in [-0.15, -0.1) is 0 Å². The van der Waals surface area contributed by atoms with E-state index in [1.807, 2.05) is 6.92 Å². The first kappa shape index (κ1) is 10.2. The van der Waals surface area contributed by atoms with Crippen LogP contribution in [-0.4, -0.2) is 17.0 Å². The van der Waals surface area contributed by atoms with Gasteiger partial charge in [0.05, 0.1) is 5.57 Å². The van der Waals surface area contributed by atoms with E-state index in [-0.39, 0.29) is 5.57 Å². The van der Waals surface area contributed by atoms with E-state index in [0.717, 1.165) is 12.5 Å². The van der Waals surface area contributed by atoms with Crippen molar-refractivity contribution < 1.29 is 19.4 Å². The van der Waals surface area contributed by atoms with Gasteiger partial charge in [0.2, 0.25) is 0 Å². The van der Waals surface area contributed by atoms with Gasteiger partial charge in [-0.05, 0) is 24.6 Å². The molecule has 0 aromatic heterocycles. The maximum absolute atomic E-state index is 11.1. The van der Waals surface area contributed by atoms with Gasteiger partial charge in [-0.25, -0.2) is 9.59 Å². The maximum Gasteiger partial charge on any atom is 0.343 e. The van der Waals surface area contributed by atoms with Crippen molar-refractivity contribution in [3.05, 3.63) is 35.6 Å². The van der Waals surface area contributed by atoms with Gasteiger partial charge in [0.1, 0.15) is 5.76 Å². The normalized spacial score (nSPS) is 18.8. The van der Waals surface area contributed by atoms with Crippen LogP contribution in [0.5, 0.6) is 0 Å². The standard InChI is InChI=1S/C10H10O4/c1-2-3-8-6-7(10(13)14-8)4-5-9(11)12/h3-6H,2H2,1H3,(H,11,12). The zero-order valence-corrected chi connectivity index (χ0v) is 7.69. The molecule has 14 heavy (non-hydrogen) atoms. The fourth-order valence-corrected chi connectivity index (χ4v) is 0.987. The molecule has 0 aromatic carbocycles. The SMILES string of the molecule is CCC=C1C=C(C=CC(=O)O)C(=O)O1. The number of carboxylic acids is 1. The Morgan fingerprint density at radius 2 is 2.36 bits per heavy atom. The van der Waals surface area contributed by atoms with E-state index in [9.17, 15) is 9.59 Å². The smallest absolute Gasteiger partial charge is 0.343 e. The molecule has 1 aliphatic rings. The highest BCUT2D eigenvalue weighted by molar-refractivity contribution is 5.97. The van der Waals surface area contributed by atoms with Crippen LogP contribution in [0, 0.1) is 0 Å². The summed E-state index contributed by atoms with van der Waals surface area (Å²) in [7, 11) is 0. The number of carboxylic acid groups (broad SMARTS) is 1. The molecule has 1 aliphatic heterocycles. The summed E-state index contributed by atoms with van der Waals surface area (Å²) in [6.45, 7) is 1.92. The summed E-state index contributed by atoms with van der Waals surface area (Å²) in [5, 5.41) is 8.35. The highest BCUT2D eigenvalue weighted by Gasteiger charge is 2.18. The van der Waals surface area contributed by atoms with Crippen molar-refractivity contribution in [3.63, 3.8) is 0 Å². The molecular weight excluding hydrogens is 184 g/mol. The van der Waals surface area contributed by atoms with Crippen LogP contribution in [0.15, 0.2) is 35.6 Å². The molecule has 0 atom stereocenters. The average Bonchev–Trinajstić information content (AvgIpc) is 2.44. The van der Waals surface area contributed by atoms with Gasteiger partial charge in [-0.2, -0.15) is 0 Å². The van der Waals surface area contributed by atoms with Gasteiger partial charge in [-0.1, -0.05) is 6.92 Å². The van der Waals surface area contributed by atoms with Crippen molar-refractivity contribution in [3.8, 4) is 0 Å². The number of esters is 1. The van der Waals surface area contributed by atoms with E-state index in [1.165, 1.54) is 12.2 Å². The fraction of sp³-hybridized carbons (Fsp3) is 0.200. The van der Waals surface area contributed by atoms with E-state index in [2.05, 4.69) is 0 Å². The summed E-state index contributed by atoms with van der Waals surface area (Å²) in [6, 6.07) is 0. The first-order chi connectivity index (χ1) is 6.63. The third-order valence-electron chi connectivity index (χ3n) is 1.55. The quantitative estimate of drug-likeness (QED) is 0.545. The average molecular weight is 194 g/mol. The zero-order valence-electron chi connectivity index (χ0n) is 7.69.